The van der Waals surface area contributed by atoms with Crippen molar-refractivity contribution in [2.24, 2.45) is 0 Å². The van der Waals surface area contributed by atoms with Crippen molar-refractivity contribution in [1.29, 1.82) is 0 Å². The third-order valence-corrected chi connectivity index (χ3v) is 2.90. The van der Waals surface area contributed by atoms with Gasteiger partial charge in [-0.2, -0.15) is 11.8 Å². The summed E-state index contributed by atoms with van der Waals surface area (Å²) in [7, 11) is 0. The van der Waals surface area contributed by atoms with Gasteiger partial charge in [0.25, 0.3) is 0 Å². The molecule has 1 unspecified atom stereocenters. The highest BCUT2D eigenvalue weighted by Gasteiger charge is 2.12. The molecule has 0 aromatic carbocycles. The van der Waals surface area contributed by atoms with Crippen LogP contribution in [-0.2, 0) is 9.59 Å². The zero-order valence-corrected chi connectivity index (χ0v) is 9.95. The minimum atomic E-state index is -0.0979. The Morgan fingerprint density at radius 1 is 1.36 bits per heavy atom. The molecule has 0 aliphatic carbocycles. The smallest absolute Gasteiger partial charge is 0.147 e. The van der Waals surface area contributed by atoms with Gasteiger partial charge in [0, 0.05) is 5.75 Å². The maximum atomic E-state index is 11.2. The highest BCUT2D eigenvalue weighted by molar-refractivity contribution is 8.00. The molecule has 0 amide bonds. The van der Waals surface area contributed by atoms with E-state index in [2.05, 4.69) is 12.2 Å². The second kappa shape index (κ2) is 8.00. The molecular weight excluding hydrogens is 198 g/mol. The Morgan fingerprint density at radius 2 is 2.00 bits per heavy atom. The Bertz CT molecular complexity index is 195. The van der Waals surface area contributed by atoms with Crippen molar-refractivity contribution >= 4 is 23.3 Å². The molecule has 0 spiro atoms. The van der Waals surface area contributed by atoms with Crippen LogP contribution in [0.5, 0.6) is 0 Å². The Labute approximate surface area is 90.0 Å². The number of Topliss-reactive ketones (excluding diaryl/α,β-unsaturated/α-hetero) is 2. The highest BCUT2D eigenvalue weighted by atomic mass is 32.2. The molecule has 0 heterocycles. The lowest BCUT2D eigenvalue weighted by Gasteiger charge is -2.14. The van der Waals surface area contributed by atoms with Crippen LogP contribution in [0, 0.1) is 0 Å². The van der Waals surface area contributed by atoms with E-state index in [0.29, 0.717) is 11.5 Å². The van der Waals surface area contributed by atoms with Crippen LogP contribution in [0.25, 0.3) is 0 Å². The molecule has 0 aromatic heterocycles. The topological polar surface area (TPSA) is 46.2 Å². The second-order valence-corrected chi connectivity index (χ2v) is 4.36. The van der Waals surface area contributed by atoms with Crippen molar-refractivity contribution in [2.45, 2.75) is 33.2 Å². The van der Waals surface area contributed by atoms with Gasteiger partial charge in [0.15, 0.2) is 0 Å². The lowest BCUT2D eigenvalue weighted by molar-refractivity contribution is -0.118. The highest BCUT2D eigenvalue weighted by Crippen LogP contribution is 2.04. The van der Waals surface area contributed by atoms with Gasteiger partial charge in [-0.3, -0.25) is 9.59 Å². The first-order chi connectivity index (χ1) is 6.57. The van der Waals surface area contributed by atoms with E-state index in [1.807, 2.05) is 0 Å². The summed E-state index contributed by atoms with van der Waals surface area (Å²) in [4.78, 5) is 21.8. The summed E-state index contributed by atoms with van der Waals surface area (Å²) in [5.74, 6) is 1.49. The number of hydrogen-bond acceptors (Lipinski definition) is 4. The summed E-state index contributed by atoms with van der Waals surface area (Å²) >= 11 is 1.52. The minimum absolute atomic E-state index is 0.0979. The number of carbonyl (C=O) groups is 2. The summed E-state index contributed by atoms with van der Waals surface area (Å²) in [6.45, 7) is 6.06. The summed E-state index contributed by atoms with van der Waals surface area (Å²) in [5, 5.41) is 3.16. The van der Waals surface area contributed by atoms with Crippen LogP contribution >= 0.6 is 11.8 Å². The molecule has 14 heavy (non-hydrogen) atoms. The number of rotatable bonds is 8. The number of carbonyl (C=O) groups excluding carboxylic acids is 2. The summed E-state index contributed by atoms with van der Waals surface area (Å²) in [6, 6.07) is -0.0979. The molecule has 4 heteroatoms. The molecule has 0 aromatic rings. The molecule has 0 radical (unpaired) electrons. The lowest BCUT2D eigenvalue weighted by Crippen LogP contribution is -2.38. The van der Waals surface area contributed by atoms with Crippen molar-refractivity contribution in [3.63, 3.8) is 0 Å². The van der Waals surface area contributed by atoms with E-state index in [9.17, 15) is 9.59 Å². The third-order valence-electron chi connectivity index (χ3n) is 1.72. The van der Waals surface area contributed by atoms with E-state index in [1.165, 1.54) is 11.8 Å². The Balaban J connectivity index is 3.73. The van der Waals surface area contributed by atoms with E-state index in [4.69, 9.17) is 0 Å². The fourth-order valence-corrected chi connectivity index (χ4v) is 1.95. The maximum absolute atomic E-state index is 11.2. The van der Waals surface area contributed by atoms with Crippen LogP contribution in [0.15, 0.2) is 0 Å². The Kier molecular flexibility index (Phi) is 7.80. The van der Waals surface area contributed by atoms with Crippen LogP contribution in [-0.4, -0.2) is 35.7 Å². The minimum Gasteiger partial charge on any atom is -0.307 e. The average Bonchev–Trinajstić information content (AvgIpc) is 2.09. The van der Waals surface area contributed by atoms with Gasteiger partial charge in [-0.1, -0.05) is 6.92 Å². The van der Waals surface area contributed by atoms with Crippen LogP contribution in [0.4, 0.5) is 0 Å². The first-order valence-electron chi connectivity index (χ1n) is 4.89. The Hall–Kier alpha value is -0.350. The first kappa shape index (κ1) is 13.7. The van der Waals surface area contributed by atoms with Gasteiger partial charge in [-0.05, 0) is 26.8 Å². The van der Waals surface area contributed by atoms with Crippen LogP contribution in [0.3, 0.4) is 0 Å². The molecule has 1 N–H and O–H groups in total. The Morgan fingerprint density at radius 3 is 2.43 bits per heavy atom. The lowest BCUT2D eigenvalue weighted by atomic mass is 10.2. The van der Waals surface area contributed by atoms with E-state index in [1.54, 1.807) is 13.8 Å². The molecule has 3 nitrogen and oxygen atoms in total. The van der Waals surface area contributed by atoms with Crippen molar-refractivity contribution in [3.05, 3.63) is 0 Å². The SMILES string of the molecule is CCCNC(CSCC(C)=O)C(C)=O. The van der Waals surface area contributed by atoms with Crippen LogP contribution < -0.4 is 5.32 Å². The molecule has 0 aliphatic rings. The standard InChI is InChI=1S/C10H19NO2S/c1-4-5-11-10(9(3)13)7-14-6-8(2)12/h10-11H,4-7H2,1-3H3. The van der Waals surface area contributed by atoms with Gasteiger partial charge >= 0.3 is 0 Å². The van der Waals surface area contributed by atoms with Crippen LogP contribution in [0.1, 0.15) is 27.2 Å². The first-order valence-corrected chi connectivity index (χ1v) is 6.04. The summed E-state index contributed by atoms with van der Waals surface area (Å²) < 4.78 is 0. The second-order valence-electron chi connectivity index (χ2n) is 3.33. The predicted octanol–water partition coefficient (Wildman–Crippen LogP) is 1.27. The van der Waals surface area contributed by atoms with Crippen LogP contribution in [0.2, 0.25) is 0 Å². The number of thioether (sulfide) groups is 1. The van der Waals surface area contributed by atoms with Gasteiger partial charge in [-0.15, -0.1) is 0 Å². The molecule has 1 atom stereocenters. The van der Waals surface area contributed by atoms with Crippen molar-refractivity contribution in [3.8, 4) is 0 Å². The molecule has 0 fully saturated rings. The zero-order valence-electron chi connectivity index (χ0n) is 9.13. The molecule has 0 aliphatic heterocycles. The molecule has 0 bridgehead atoms. The predicted molar refractivity (Wildman–Crippen MR) is 60.8 cm³/mol. The average molecular weight is 217 g/mol. The number of nitrogens with one attached hydrogen (secondary N) is 1. The normalized spacial score (nSPS) is 12.5. The quantitative estimate of drug-likeness (QED) is 0.665. The molecule has 0 saturated heterocycles. The van der Waals surface area contributed by atoms with Crippen molar-refractivity contribution in [1.82, 2.24) is 5.32 Å². The number of ketones is 2. The van der Waals surface area contributed by atoms with E-state index in [-0.39, 0.29) is 17.6 Å². The zero-order chi connectivity index (χ0) is 11.0. The van der Waals surface area contributed by atoms with Gasteiger partial charge in [0.2, 0.25) is 0 Å². The van der Waals surface area contributed by atoms with E-state index < -0.39 is 0 Å². The third kappa shape index (κ3) is 7.09. The van der Waals surface area contributed by atoms with Gasteiger partial charge in [-0.25, -0.2) is 0 Å². The van der Waals surface area contributed by atoms with E-state index in [0.717, 1.165) is 13.0 Å². The van der Waals surface area contributed by atoms with Gasteiger partial charge < -0.3 is 5.32 Å². The summed E-state index contributed by atoms with van der Waals surface area (Å²) in [5.41, 5.74) is 0. The van der Waals surface area contributed by atoms with Crippen molar-refractivity contribution in [2.75, 3.05) is 18.1 Å². The fraction of sp³-hybridized carbons (Fsp3) is 0.800. The van der Waals surface area contributed by atoms with Gasteiger partial charge in [0.05, 0.1) is 11.8 Å². The van der Waals surface area contributed by atoms with Crippen molar-refractivity contribution < 1.29 is 9.59 Å². The monoisotopic (exact) mass is 217 g/mol. The fourth-order valence-electron chi connectivity index (χ4n) is 0.959. The molecule has 82 valence electrons. The largest absolute Gasteiger partial charge is 0.307 e. The van der Waals surface area contributed by atoms with E-state index >= 15 is 0 Å². The maximum Gasteiger partial charge on any atom is 0.147 e. The molecule has 0 saturated carbocycles. The molecular formula is C10H19NO2S. The molecule has 0 rings (SSSR count). The van der Waals surface area contributed by atoms with Gasteiger partial charge in [0.1, 0.15) is 11.6 Å². The number of hydrogen-bond donors (Lipinski definition) is 1. The summed E-state index contributed by atoms with van der Waals surface area (Å²) in [6.07, 6.45) is 1.02.